The van der Waals surface area contributed by atoms with Gasteiger partial charge < -0.3 is 9.53 Å². The van der Waals surface area contributed by atoms with E-state index in [0.717, 1.165) is 17.8 Å². The summed E-state index contributed by atoms with van der Waals surface area (Å²) in [5.74, 6) is 2.74. The molecule has 2 unspecified atom stereocenters. The van der Waals surface area contributed by atoms with Crippen LogP contribution >= 0.6 is 0 Å². The summed E-state index contributed by atoms with van der Waals surface area (Å²) in [5.41, 5.74) is 0.276. The molecule has 22 heavy (non-hydrogen) atoms. The van der Waals surface area contributed by atoms with Gasteiger partial charge in [0.05, 0.1) is 12.2 Å². The molecule has 128 valence electrons. The molecule has 0 amide bonds. The largest absolute Gasteiger partial charge is 0.411 e. The Bertz CT molecular complexity index is 386. The third-order valence-electron chi connectivity index (χ3n) is 7.36. The normalized spacial score (nSPS) is 40.8. The summed E-state index contributed by atoms with van der Waals surface area (Å²) in [5, 5.41) is 10.8. The highest BCUT2D eigenvalue weighted by atomic mass is 28.4. The van der Waals surface area contributed by atoms with Crippen LogP contribution in [-0.2, 0) is 4.43 Å². The summed E-state index contributed by atoms with van der Waals surface area (Å²) in [6.45, 7) is 13.6. The summed E-state index contributed by atoms with van der Waals surface area (Å²) in [7, 11) is -1.84. The predicted molar refractivity (Wildman–Crippen MR) is 94.4 cm³/mol. The van der Waals surface area contributed by atoms with E-state index >= 15 is 0 Å². The fraction of sp³-hybridized carbons (Fsp3) is 1.00. The van der Waals surface area contributed by atoms with Gasteiger partial charge in [0, 0.05) is 0 Å². The summed E-state index contributed by atoms with van der Waals surface area (Å²) >= 11 is 0. The Morgan fingerprint density at radius 3 is 1.73 bits per heavy atom. The van der Waals surface area contributed by atoms with Crippen LogP contribution in [0.3, 0.4) is 0 Å². The third-order valence-corrected chi connectivity index (χ3v) is 11.8. The molecule has 2 nitrogen and oxygen atoms in total. The van der Waals surface area contributed by atoms with Gasteiger partial charge in [-0.15, -0.1) is 0 Å². The first kappa shape index (κ1) is 17.0. The molecule has 4 rings (SSSR count). The van der Waals surface area contributed by atoms with Crippen molar-refractivity contribution in [3.63, 3.8) is 0 Å². The van der Waals surface area contributed by atoms with Crippen molar-refractivity contribution in [2.45, 2.75) is 96.6 Å². The average molecular weight is 325 g/mol. The Balaban J connectivity index is 1.86. The Morgan fingerprint density at radius 1 is 1.00 bits per heavy atom. The lowest BCUT2D eigenvalue weighted by atomic mass is 9.48. The average Bonchev–Trinajstić information content (AvgIpc) is 2.32. The van der Waals surface area contributed by atoms with Crippen LogP contribution in [0, 0.1) is 23.2 Å². The molecule has 3 heteroatoms. The van der Waals surface area contributed by atoms with E-state index in [9.17, 15) is 5.11 Å². The summed E-state index contributed by atoms with van der Waals surface area (Å²) in [6.07, 6.45) is 7.99. The van der Waals surface area contributed by atoms with Gasteiger partial charge in [-0.1, -0.05) is 20.8 Å². The first-order chi connectivity index (χ1) is 10.0. The molecule has 0 aromatic carbocycles. The second kappa shape index (κ2) is 5.32. The number of aliphatic hydroxyl groups is 1. The van der Waals surface area contributed by atoms with Gasteiger partial charge in [-0.25, -0.2) is 0 Å². The maximum atomic E-state index is 10.6. The van der Waals surface area contributed by atoms with Gasteiger partial charge in [0.1, 0.15) is 0 Å². The van der Waals surface area contributed by atoms with Crippen LogP contribution in [0.25, 0.3) is 0 Å². The molecule has 2 atom stereocenters. The van der Waals surface area contributed by atoms with E-state index in [2.05, 4.69) is 33.9 Å². The fourth-order valence-electron chi connectivity index (χ4n) is 5.76. The Kier molecular flexibility index (Phi) is 4.11. The maximum Gasteiger partial charge on any atom is 0.192 e. The van der Waals surface area contributed by atoms with E-state index in [1.165, 1.54) is 38.5 Å². The van der Waals surface area contributed by atoms with Gasteiger partial charge in [0.2, 0.25) is 0 Å². The molecule has 0 saturated heterocycles. The Morgan fingerprint density at radius 2 is 1.41 bits per heavy atom. The van der Waals surface area contributed by atoms with Crippen molar-refractivity contribution in [3.05, 3.63) is 0 Å². The van der Waals surface area contributed by atoms with Crippen molar-refractivity contribution < 1.29 is 9.53 Å². The second-order valence-corrected chi connectivity index (χ2v) is 15.1. The molecule has 0 spiro atoms. The molecule has 0 radical (unpaired) electrons. The molecular formula is C19H36O2Si. The van der Waals surface area contributed by atoms with Crippen molar-refractivity contribution in [2.24, 2.45) is 23.2 Å². The zero-order valence-corrected chi connectivity index (χ0v) is 16.5. The van der Waals surface area contributed by atoms with Crippen molar-refractivity contribution in [1.82, 2.24) is 0 Å². The van der Waals surface area contributed by atoms with Gasteiger partial charge in [-0.2, -0.15) is 0 Å². The van der Waals surface area contributed by atoms with Crippen LogP contribution < -0.4 is 0 Å². The minimum atomic E-state index is -1.84. The van der Waals surface area contributed by atoms with Crippen LogP contribution in [0.5, 0.6) is 0 Å². The van der Waals surface area contributed by atoms with Crippen LogP contribution in [0.1, 0.15) is 66.2 Å². The van der Waals surface area contributed by atoms with Gasteiger partial charge in [0.25, 0.3) is 0 Å². The quantitative estimate of drug-likeness (QED) is 0.739. The molecule has 4 bridgehead atoms. The van der Waals surface area contributed by atoms with Crippen LogP contribution in [0.2, 0.25) is 18.1 Å². The number of hydrogen-bond acceptors (Lipinski definition) is 2. The van der Waals surface area contributed by atoms with Crippen LogP contribution in [0.4, 0.5) is 0 Å². The molecule has 1 N–H and O–H groups in total. The number of aliphatic hydroxyl groups excluding tert-OH is 1. The van der Waals surface area contributed by atoms with Crippen molar-refractivity contribution in [1.29, 1.82) is 0 Å². The van der Waals surface area contributed by atoms with Crippen LogP contribution in [-0.4, -0.2) is 25.6 Å². The molecule has 0 heterocycles. The highest BCUT2D eigenvalue weighted by molar-refractivity contribution is 6.74. The summed E-state index contributed by atoms with van der Waals surface area (Å²) in [4.78, 5) is 0. The molecule has 4 aliphatic carbocycles. The maximum absolute atomic E-state index is 10.6. The first-order valence-corrected chi connectivity index (χ1v) is 12.3. The SMILES string of the molecule is CC(O)C(O[Si](C)(C)C(C)(C)C)C12CC3CC(CC(C3)C1)C2. The van der Waals surface area contributed by atoms with E-state index in [0.29, 0.717) is 0 Å². The zero-order chi connectivity index (χ0) is 16.3. The monoisotopic (exact) mass is 324 g/mol. The van der Waals surface area contributed by atoms with E-state index in [1.54, 1.807) is 0 Å². The highest BCUT2D eigenvalue weighted by Crippen LogP contribution is 2.62. The molecule has 0 aromatic rings. The first-order valence-electron chi connectivity index (χ1n) is 9.38. The molecule has 4 aliphatic rings. The van der Waals surface area contributed by atoms with Crippen LogP contribution in [0.15, 0.2) is 0 Å². The zero-order valence-electron chi connectivity index (χ0n) is 15.5. The molecule has 0 aliphatic heterocycles. The van der Waals surface area contributed by atoms with Crippen molar-refractivity contribution in [2.75, 3.05) is 0 Å². The van der Waals surface area contributed by atoms with Gasteiger partial charge in [0.15, 0.2) is 8.32 Å². The summed E-state index contributed by atoms with van der Waals surface area (Å²) < 4.78 is 6.84. The minimum Gasteiger partial charge on any atom is -0.411 e. The van der Waals surface area contributed by atoms with E-state index in [-0.39, 0.29) is 22.7 Å². The second-order valence-electron chi connectivity index (χ2n) is 10.3. The highest BCUT2D eigenvalue weighted by Gasteiger charge is 2.57. The lowest BCUT2D eigenvalue weighted by molar-refractivity contribution is -0.144. The molecule has 4 saturated carbocycles. The smallest absolute Gasteiger partial charge is 0.192 e. The predicted octanol–water partition coefficient (Wildman–Crippen LogP) is 4.97. The van der Waals surface area contributed by atoms with Gasteiger partial charge in [-0.3, -0.25) is 0 Å². The van der Waals surface area contributed by atoms with Gasteiger partial charge >= 0.3 is 0 Å². The van der Waals surface area contributed by atoms with Crippen molar-refractivity contribution in [3.8, 4) is 0 Å². The van der Waals surface area contributed by atoms with Crippen molar-refractivity contribution >= 4 is 8.32 Å². The van der Waals surface area contributed by atoms with E-state index in [1.807, 2.05) is 6.92 Å². The lowest BCUT2D eigenvalue weighted by Crippen LogP contribution is -2.59. The molecular weight excluding hydrogens is 288 g/mol. The van der Waals surface area contributed by atoms with E-state index in [4.69, 9.17) is 4.43 Å². The lowest BCUT2D eigenvalue weighted by Gasteiger charge is -2.61. The Hall–Kier alpha value is 0.137. The summed E-state index contributed by atoms with van der Waals surface area (Å²) in [6, 6.07) is 0. The minimum absolute atomic E-state index is 0.0572. The fourth-order valence-corrected chi connectivity index (χ4v) is 7.19. The standard InChI is InChI=1S/C19H36O2Si/c1-13(20)17(21-22(5,6)18(2,3)4)19-10-14-7-15(11-19)9-16(8-14)12-19/h13-17,20H,7-12H2,1-6H3. The Labute approximate surface area is 138 Å². The molecule has 0 aromatic heterocycles. The topological polar surface area (TPSA) is 29.5 Å². The number of hydrogen-bond donors (Lipinski definition) is 1. The van der Waals surface area contributed by atoms with Gasteiger partial charge in [-0.05, 0) is 86.7 Å². The number of rotatable bonds is 4. The van der Waals surface area contributed by atoms with E-state index < -0.39 is 8.32 Å². The molecule has 4 fully saturated rings. The third kappa shape index (κ3) is 2.82.